The summed E-state index contributed by atoms with van der Waals surface area (Å²) < 4.78 is 5.27. The number of hydrogen-bond donors (Lipinski definition) is 0. The highest BCUT2D eigenvalue weighted by atomic mass is 32.2. The monoisotopic (exact) mass is 260 g/mol. The van der Waals surface area contributed by atoms with Crippen molar-refractivity contribution in [1.29, 1.82) is 0 Å². The van der Waals surface area contributed by atoms with Crippen LogP contribution in [-0.2, 0) is 0 Å². The number of aryl methyl sites for hydroxylation is 1. The number of rotatable bonds is 1. The van der Waals surface area contributed by atoms with Gasteiger partial charge in [-0.3, -0.25) is 0 Å². The van der Waals surface area contributed by atoms with E-state index >= 15 is 0 Å². The fourth-order valence-electron chi connectivity index (χ4n) is 1.80. The smallest absolute Gasteiger partial charge is 0.120 e. The van der Waals surface area contributed by atoms with E-state index in [1.165, 1.54) is 25.1 Å². The summed E-state index contributed by atoms with van der Waals surface area (Å²) in [5.74, 6) is 0.924. The number of hydrogen-bond acceptors (Lipinski definition) is 3. The molecule has 3 heteroatoms. The first kappa shape index (κ1) is 11.1. The second-order valence-corrected chi connectivity index (χ2v) is 6.13. The van der Waals surface area contributed by atoms with Gasteiger partial charge in [-0.05, 0) is 42.8 Å². The van der Waals surface area contributed by atoms with E-state index in [0.717, 1.165) is 5.75 Å². The minimum Gasteiger partial charge on any atom is -0.497 e. The third-order valence-corrected chi connectivity index (χ3v) is 5.22. The van der Waals surface area contributed by atoms with E-state index in [0.29, 0.717) is 0 Å². The summed E-state index contributed by atoms with van der Waals surface area (Å²) in [6.07, 6.45) is 0. The van der Waals surface area contributed by atoms with E-state index in [4.69, 9.17) is 4.74 Å². The molecule has 0 fully saturated rings. The SMILES string of the molecule is COc1ccc2c(c1)Sc1cc(C)ccc1S2. The molecule has 0 N–H and O–H groups in total. The lowest BCUT2D eigenvalue weighted by atomic mass is 10.2. The lowest BCUT2D eigenvalue weighted by molar-refractivity contribution is 0.413. The summed E-state index contributed by atoms with van der Waals surface area (Å²) in [6.45, 7) is 2.13. The first-order valence-corrected chi connectivity index (χ1v) is 7.04. The molecule has 17 heavy (non-hydrogen) atoms. The zero-order chi connectivity index (χ0) is 11.8. The first-order chi connectivity index (χ1) is 8.26. The predicted octanol–water partition coefficient (Wildman–Crippen LogP) is 4.62. The van der Waals surface area contributed by atoms with Crippen molar-refractivity contribution in [3.05, 3.63) is 42.0 Å². The molecule has 1 heterocycles. The quantitative estimate of drug-likeness (QED) is 0.632. The molecule has 1 aliphatic heterocycles. The van der Waals surface area contributed by atoms with Crippen molar-refractivity contribution in [2.45, 2.75) is 26.5 Å². The molecule has 1 nitrogen and oxygen atoms in total. The predicted molar refractivity (Wildman–Crippen MR) is 72.4 cm³/mol. The van der Waals surface area contributed by atoms with Crippen LogP contribution in [0.3, 0.4) is 0 Å². The van der Waals surface area contributed by atoms with Gasteiger partial charge in [0.1, 0.15) is 5.75 Å². The summed E-state index contributed by atoms with van der Waals surface area (Å²) >= 11 is 3.66. The number of benzene rings is 2. The average Bonchev–Trinajstić information content (AvgIpc) is 2.35. The van der Waals surface area contributed by atoms with Crippen LogP contribution < -0.4 is 4.74 Å². The second kappa shape index (κ2) is 4.31. The summed E-state index contributed by atoms with van der Waals surface area (Å²) in [7, 11) is 1.71. The molecule has 0 radical (unpaired) electrons. The first-order valence-electron chi connectivity index (χ1n) is 5.40. The van der Waals surface area contributed by atoms with E-state index < -0.39 is 0 Å². The van der Waals surface area contributed by atoms with Gasteiger partial charge in [0.25, 0.3) is 0 Å². The van der Waals surface area contributed by atoms with E-state index in [-0.39, 0.29) is 0 Å². The largest absolute Gasteiger partial charge is 0.497 e. The van der Waals surface area contributed by atoms with Crippen molar-refractivity contribution in [2.24, 2.45) is 0 Å². The maximum atomic E-state index is 5.27. The fraction of sp³-hybridized carbons (Fsp3) is 0.143. The second-order valence-electron chi connectivity index (χ2n) is 3.97. The van der Waals surface area contributed by atoms with E-state index in [9.17, 15) is 0 Å². The Morgan fingerprint density at radius 1 is 0.824 bits per heavy atom. The maximum Gasteiger partial charge on any atom is 0.120 e. The van der Waals surface area contributed by atoms with Crippen molar-refractivity contribution in [3.63, 3.8) is 0 Å². The summed E-state index contributed by atoms with van der Waals surface area (Å²) in [4.78, 5) is 5.29. The molecule has 2 aromatic carbocycles. The molecule has 0 aromatic heterocycles. The van der Waals surface area contributed by atoms with Gasteiger partial charge >= 0.3 is 0 Å². The van der Waals surface area contributed by atoms with Gasteiger partial charge in [-0.25, -0.2) is 0 Å². The number of ether oxygens (including phenoxy) is 1. The molecule has 0 spiro atoms. The van der Waals surface area contributed by atoms with Gasteiger partial charge in [0.15, 0.2) is 0 Å². The van der Waals surface area contributed by atoms with Gasteiger partial charge in [-0.2, -0.15) is 0 Å². The molecule has 0 unspecified atom stereocenters. The van der Waals surface area contributed by atoms with Gasteiger partial charge in [-0.1, -0.05) is 29.6 Å². The minimum atomic E-state index is 0.924. The van der Waals surface area contributed by atoms with Crippen molar-refractivity contribution >= 4 is 23.5 Å². The van der Waals surface area contributed by atoms with Crippen LogP contribution in [0.1, 0.15) is 5.56 Å². The van der Waals surface area contributed by atoms with Gasteiger partial charge < -0.3 is 4.74 Å². The van der Waals surface area contributed by atoms with Crippen molar-refractivity contribution < 1.29 is 4.74 Å². The highest BCUT2D eigenvalue weighted by Gasteiger charge is 2.17. The Balaban J connectivity index is 2.05. The maximum absolute atomic E-state index is 5.27. The molecule has 0 amide bonds. The minimum absolute atomic E-state index is 0.924. The normalized spacial score (nSPS) is 12.8. The molecule has 1 aliphatic rings. The molecular weight excluding hydrogens is 248 g/mol. The van der Waals surface area contributed by atoms with Crippen molar-refractivity contribution in [2.75, 3.05) is 7.11 Å². The van der Waals surface area contributed by atoms with Crippen LogP contribution in [0.25, 0.3) is 0 Å². The van der Waals surface area contributed by atoms with Crippen LogP contribution in [0, 0.1) is 6.92 Å². The molecule has 86 valence electrons. The lowest BCUT2D eigenvalue weighted by Crippen LogP contribution is -1.91. The Morgan fingerprint density at radius 3 is 2.24 bits per heavy atom. The standard InChI is InChI=1S/C14H12OS2/c1-9-3-5-11-13(7-9)17-14-8-10(15-2)4-6-12(14)16-11/h3-8H,1-2H3. The Labute approximate surface area is 110 Å². The third kappa shape index (κ3) is 2.05. The Morgan fingerprint density at radius 2 is 1.47 bits per heavy atom. The zero-order valence-electron chi connectivity index (χ0n) is 9.69. The highest BCUT2D eigenvalue weighted by molar-refractivity contribution is 8.05. The van der Waals surface area contributed by atoms with Gasteiger partial charge in [0, 0.05) is 19.6 Å². The van der Waals surface area contributed by atoms with E-state index in [1.54, 1.807) is 7.11 Å². The van der Waals surface area contributed by atoms with Crippen LogP contribution in [0.4, 0.5) is 0 Å². The van der Waals surface area contributed by atoms with E-state index in [1.807, 2.05) is 29.6 Å². The van der Waals surface area contributed by atoms with Crippen molar-refractivity contribution in [1.82, 2.24) is 0 Å². The fourth-order valence-corrected chi connectivity index (χ4v) is 4.12. The van der Waals surface area contributed by atoms with Gasteiger partial charge in [0.2, 0.25) is 0 Å². The van der Waals surface area contributed by atoms with Crippen LogP contribution in [0.5, 0.6) is 5.75 Å². The van der Waals surface area contributed by atoms with Gasteiger partial charge in [0.05, 0.1) is 7.11 Å². The Bertz CT molecular complexity index is 578. The van der Waals surface area contributed by atoms with Crippen LogP contribution in [0.2, 0.25) is 0 Å². The molecule has 2 aromatic rings. The summed E-state index contributed by atoms with van der Waals surface area (Å²) in [5, 5.41) is 0. The van der Waals surface area contributed by atoms with E-state index in [2.05, 4.69) is 37.3 Å². The molecule has 0 atom stereocenters. The number of methoxy groups -OCH3 is 1. The highest BCUT2D eigenvalue weighted by Crippen LogP contribution is 2.49. The number of fused-ring (bicyclic) bond motifs is 2. The third-order valence-electron chi connectivity index (χ3n) is 2.69. The zero-order valence-corrected chi connectivity index (χ0v) is 11.3. The Kier molecular flexibility index (Phi) is 2.81. The van der Waals surface area contributed by atoms with Gasteiger partial charge in [-0.15, -0.1) is 0 Å². The topological polar surface area (TPSA) is 9.23 Å². The van der Waals surface area contributed by atoms with Crippen LogP contribution in [-0.4, -0.2) is 7.11 Å². The molecule has 0 aliphatic carbocycles. The molecular formula is C14H12OS2. The van der Waals surface area contributed by atoms with Crippen molar-refractivity contribution in [3.8, 4) is 5.75 Å². The average molecular weight is 260 g/mol. The molecule has 0 saturated carbocycles. The molecule has 0 saturated heterocycles. The van der Waals surface area contributed by atoms with Crippen LogP contribution >= 0.6 is 23.5 Å². The Hall–Kier alpha value is -1.06. The molecule has 3 rings (SSSR count). The molecule has 0 bridgehead atoms. The van der Waals surface area contributed by atoms with Crippen LogP contribution in [0.15, 0.2) is 56.0 Å². The summed E-state index contributed by atoms with van der Waals surface area (Å²) in [5.41, 5.74) is 1.31. The summed E-state index contributed by atoms with van der Waals surface area (Å²) in [6, 6.07) is 12.9. The lowest BCUT2D eigenvalue weighted by Gasteiger charge is -2.19.